The van der Waals surface area contributed by atoms with Crippen LogP contribution in [0.4, 0.5) is 5.69 Å². The molecule has 0 fully saturated rings. The molecule has 11 heteroatoms. The molecule has 3 aliphatic heterocycles. The Hall–Kier alpha value is -4.93. The highest BCUT2D eigenvalue weighted by Crippen LogP contribution is 2.53. The van der Waals surface area contributed by atoms with Crippen LogP contribution in [0.15, 0.2) is 47.7 Å². The highest BCUT2D eigenvalue weighted by Gasteiger charge is 2.43. The molecule has 40 heavy (non-hydrogen) atoms. The van der Waals surface area contributed by atoms with Gasteiger partial charge < -0.3 is 48.3 Å². The molecule has 0 bridgehead atoms. The summed E-state index contributed by atoms with van der Waals surface area (Å²) in [6.45, 7) is 0.423. The molecular formula is C29H27NO10. The zero-order valence-electron chi connectivity index (χ0n) is 22.3. The Morgan fingerprint density at radius 3 is 1.93 bits per heavy atom. The fourth-order valence-electron chi connectivity index (χ4n) is 5.46. The molecule has 0 aliphatic carbocycles. The number of nitrogens with zero attached hydrogens (tertiary/aromatic N) is 1. The van der Waals surface area contributed by atoms with Crippen molar-refractivity contribution in [3.63, 3.8) is 0 Å². The number of esters is 1. The van der Waals surface area contributed by atoms with E-state index in [1.54, 1.807) is 24.3 Å². The first-order valence-electron chi connectivity index (χ1n) is 12.4. The maximum atomic E-state index is 13.3. The number of carbonyl (C=O) groups excluding carboxylic acids is 1. The van der Waals surface area contributed by atoms with E-state index in [9.17, 15) is 15.0 Å². The second-order valence-corrected chi connectivity index (χ2v) is 9.34. The minimum atomic E-state index is -0.585. The van der Waals surface area contributed by atoms with E-state index in [0.717, 1.165) is 16.8 Å². The molecule has 0 aromatic heterocycles. The maximum Gasteiger partial charge on any atom is 0.337 e. The summed E-state index contributed by atoms with van der Waals surface area (Å²) in [6, 6.07) is 10.5. The highest BCUT2D eigenvalue weighted by atomic mass is 16.7. The van der Waals surface area contributed by atoms with Gasteiger partial charge in [-0.2, -0.15) is 0 Å². The van der Waals surface area contributed by atoms with Crippen molar-refractivity contribution < 1.29 is 48.2 Å². The third-order valence-corrected chi connectivity index (χ3v) is 7.32. The van der Waals surface area contributed by atoms with Gasteiger partial charge in [0.1, 0.15) is 6.61 Å². The molecule has 6 rings (SSSR count). The fourth-order valence-corrected chi connectivity index (χ4v) is 5.46. The number of carbonyl (C=O) groups is 1. The molecule has 0 saturated heterocycles. The summed E-state index contributed by atoms with van der Waals surface area (Å²) < 4.78 is 38.5. The average Bonchev–Trinajstić information content (AvgIpc) is 3.59. The predicted molar refractivity (Wildman–Crippen MR) is 141 cm³/mol. The van der Waals surface area contributed by atoms with Crippen molar-refractivity contribution in [3.05, 3.63) is 64.4 Å². The third kappa shape index (κ3) is 3.84. The van der Waals surface area contributed by atoms with Gasteiger partial charge in [0.25, 0.3) is 0 Å². The molecular weight excluding hydrogens is 522 g/mol. The third-order valence-electron chi connectivity index (χ3n) is 7.32. The van der Waals surface area contributed by atoms with Gasteiger partial charge in [0.2, 0.25) is 18.3 Å². The zero-order chi connectivity index (χ0) is 28.1. The first-order chi connectivity index (χ1) is 19.4. The summed E-state index contributed by atoms with van der Waals surface area (Å²) in [6.07, 6.45) is 0. The van der Waals surface area contributed by atoms with E-state index in [-0.39, 0.29) is 47.9 Å². The molecule has 208 valence electrons. The van der Waals surface area contributed by atoms with Crippen LogP contribution >= 0.6 is 0 Å². The summed E-state index contributed by atoms with van der Waals surface area (Å²) in [5.74, 6) is 0.743. The molecule has 11 nitrogen and oxygen atoms in total. The Balaban J connectivity index is 1.56. The van der Waals surface area contributed by atoms with Crippen molar-refractivity contribution in [1.29, 1.82) is 0 Å². The molecule has 2 N–H and O–H groups in total. The van der Waals surface area contributed by atoms with Gasteiger partial charge in [-0.3, -0.25) is 0 Å². The van der Waals surface area contributed by atoms with Gasteiger partial charge in [-0.25, -0.2) is 4.79 Å². The van der Waals surface area contributed by atoms with Gasteiger partial charge in [-0.1, -0.05) is 0 Å². The number of hydrogen-bond donors (Lipinski definition) is 2. The van der Waals surface area contributed by atoms with E-state index < -0.39 is 11.9 Å². The van der Waals surface area contributed by atoms with E-state index in [4.69, 9.17) is 33.2 Å². The standard InChI is InChI=1S/C29H27NO10/c1-34-21-5-14(6-22(35-2)27(21)31)11-30-17-10-20-19(39-13-40-20)9-16(17)25(26-18(30)12-38-29(26)33)15-7-23(36-3)28(32)24(8-15)37-4/h5-10,25,31-32H,11-13H2,1-4H3. The molecule has 0 radical (unpaired) electrons. The van der Waals surface area contributed by atoms with Gasteiger partial charge >= 0.3 is 5.97 Å². The lowest BCUT2D eigenvalue weighted by molar-refractivity contribution is -0.136. The van der Waals surface area contributed by atoms with Crippen LogP contribution in [0.25, 0.3) is 0 Å². The number of fused-ring (bicyclic) bond motifs is 2. The lowest BCUT2D eigenvalue weighted by atomic mass is 9.80. The van der Waals surface area contributed by atoms with Gasteiger partial charge in [0.05, 0.1) is 39.7 Å². The van der Waals surface area contributed by atoms with Crippen molar-refractivity contribution in [1.82, 2.24) is 0 Å². The van der Waals surface area contributed by atoms with Crippen molar-refractivity contribution in [2.75, 3.05) is 46.7 Å². The van der Waals surface area contributed by atoms with Crippen LogP contribution in [0.3, 0.4) is 0 Å². The molecule has 3 aromatic rings. The monoisotopic (exact) mass is 549 g/mol. The van der Waals surface area contributed by atoms with Gasteiger partial charge in [-0.05, 0) is 47.0 Å². The quantitative estimate of drug-likeness (QED) is 0.418. The lowest BCUT2D eigenvalue weighted by Crippen LogP contribution is -2.31. The number of methoxy groups -OCH3 is 4. The summed E-state index contributed by atoms with van der Waals surface area (Å²) in [5.41, 5.74) is 4.05. The SMILES string of the molecule is COc1cc(CN2C3=C(C(=O)OC3)C(c3cc(OC)c(O)c(OC)c3)c3cc4c(cc32)OCO4)cc(OC)c1O. The van der Waals surface area contributed by atoms with E-state index in [0.29, 0.717) is 34.9 Å². The Morgan fingerprint density at radius 1 is 0.800 bits per heavy atom. The van der Waals surface area contributed by atoms with E-state index in [1.807, 2.05) is 17.0 Å². The van der Waals surface area contributed by atoms with Crippen molar-refractivity contribution in [2.24, 2.45) is 0 Å². The van der Waals surface area contributed by atoms with Crippen molar-refractivity contribution in [3.8, 4) is 46.0 Å². The number of cyclic esters (lactones) is 1. The number of ether oxygens (including phenoxy) is 7. The first-order valence-corrected chi connectivity index (χ1v) is 12.4. The Labute approximate surface area is 229 Å². The number of rotatable bonds is 7. The second kappa shape index (κ2) is 9.67. The summed E-state index contributed by atoms with van der Waals surface area (Å²) in [5, 5.41) is 21.0. The fraction of sp³-hybridized carbons (Fsp3) is 0.276. The molecule has 1 atom stereocenters. The highest BCUT2D eigenvalue weighted by molar-refractivity contribution is 5.98. The van der Waals surface area contributed by atoms with Gasteiger partial charge in [0, 0.05) is 24.2 Å². The Morgan fingerprint density at radius 2 is 1.35 bits per heavy atom. The van der Waals surface area contributed by atoms with Crippen LogP contribution in [0.2, 0.25) is 0 Å². The summed E-state index contributed by atoms with van der Waals surface area (Å²) in [7, 11) is 5.82. The smallest absolute Gasteiger partial charge is 0.337 e. The minimum Gasteiger partial charge on any atom is -0.502 e. The van der Waals surface area contributed by atoms with Crippen LogP contribution < -0.4 is 33.3 Å². The van der Waals surface area contributed by atoms with E-state index in [1.165, 1.54) is 28.4 Å². The summed E-state index contributed by atoms with van der Waals surface area (Å²) >= 11 is 0. The average molecular weight is 550 g/mol. The van der Waals surface area contributed by atoms with Gasteiger partial charge in [0.15, 0.2) is 34.5 Å². The summed E-state index contributed by atoms with van der Waals surface area (Å²) in [4.78, 5) is 15.3. The minimum absolute atomic E-state index is 0.0528. The number of phenols is 2. The lowest BCUT2D eigenvalue weighted by Gasteiger charge is -2.36. The second-order valence-electron chi connectivity index (χ2n) is 9.34. The van der Waals surface area contributed by atoms with E-state index in [2.05, 4.69) is 0 Å². The van der Waals surface area contributed by atoms with E-state index >= 15 is 0 Å². The number of aromatic hydroxyl groups is 2. The number of benzene rings is 3. The van der Waals surface area contributed by atoms with Gasteiger partial charge in [-0.15, -0.1) is 0 Å². The maximum absolute atomic E-state index is 13.3. The first kappa shape index (κ1) is 25.4. The normalized spacial score (nSPS) is 16.9. The zero-order valence-corrected chi connectivity index (χ0v) is 22.3. The number of anilines is 1. The number of hydrogen-bond acceptors (Lipinski definition) is 11. The van der Waals surface area contributed by atoms with Crippen molar-refractivity contribution in [2.45, 2.75) is 12.5 Å². The van der Waals surface area contributed by atoms with Crippen LogP contribution in [0, 0.1) is 0 Å². The van der Waals surface area contributed by atoms with Crippen LogP contribution in [0.5, 0.6) is 46.0 Å². The molecule has 0 amide bonds. The Bertz CT molecular complexity index is 1510. The van der Waals surface area contributed by atoms with Crippen LogP contribution in [-0.4, -0.2) is 58.0 Å². The topological polar surface area (TPSA) is 125 Å². The largest absolute Gasteiger partial charge is 0.502 e. The van der Waals surface area contributed by atoms with Crippen molar-refractivity contribution >= 4 is 11.7 Å². The Kier molecular flexibility index (Phi) is 6.13. The molecule has 0 spiro atoms. The molecule has 1 unspecified atom stereocenters. The molecule has 0 saturated carbocycles. The predicted octanol–water partition coefficient (Wildman–Crippen LogP) is 3.82. The molecule has 3 aliphatic rings. The molecule has 3 heterocycles. The molecule has 3 aromatic carbocycles. The van der Waals surface area contributed by atoms with Crippen LogP contribution in [-0.2, 0) is 16.1 Å². The number of phenolic OH excluding ortho intramolecular Hbond substituents is 2. The van der Waals surface area contributed by atoms with Crippen LogP contribution in [0.1, 0.15) is 22.6 Å².